The van der Waals surface area contributed by atoms with E-state index in [0.717, 1.165) is 18.5 Å². The third-order valence-corrected chi connectivity index (χ3v) is 4.01. The summed E-state index contributed by atoms with van der Waals surface area (Å²) < 4.78 is 0. The summed E-state index contributed by atoms with van der Waals surface area (Å²) in [5.41, 5.74) is 1.10. The Hall–Kier alpha value is -1.95. The van der Waals surface area contributed by atoms with Gasteiger partial charge in [0.05, 0.1) is 0 Å². The molecule has 0 radical (unpaired) electrons. The van der Waals surface area contributed by atoms with E-state index in [1.54, 1.807) is 12.3 Å². The molecular formula is C15H21N3O3. The minimum absolute atomic E-state index is 0.330. The fraction of sp³-hybridized carbons (Fsp3) is 0.533. The Labute approximate surface area is 124 Å². The van der Waals surface area contributed by atoms with Crippen LogP contribution in [-0.4, -0.2) is 46.5 Å². The summed E-state index contributed by atoms with van der Waals surface area (Å²) in [7, 11) is 2.08. The molecule has 0 saturated carbocycles. The first-order valence-electron chi connectivity index (χ1n) is 7.10. The number of anilines is 1. The quantitative estimate of drug-likeness (QED) is 0.913. The molecule has 21 heavy (non-hydrogen) atoms. The van der Waals surface area contributed by atoms with Crippen LogP contribution in [0.5, 0.6) is 0 Å². The van der Waals surface area contributed by atoms with Crippen LogP contribution in [0.3, 0.4) is 0 Å². The van der Waals surface area contributed by atoms with Crippen molar-refractivity contribution in [3.05, 3.63) is 23.9 Å². The molecule has 1 amide bonds. The average molecular weight is 291 g/mol. The molecule has 0 aliphatic carbocycles. The van der Waals surface area contributed by atoms with Gasteiger partial charge in [0.15, 0.2) is 0 Å². The van der Waals surface area contributed by atoms with Gasteiger partial charge < -0.3 is 5.11 Å². The van der Waals surface area contributed by atoms with E-state index in [1.807, 2.05) is 6.07 Å². The number of carboxylic acid groups (broad SMARTS) is 1. The van der Waals surface area contributed by atoms with E-state index in [1.165, 1.54) is 25.2 Å². The first-order valence-corrected chi connectivity index (χ1v) is 7.10. The number of aromatic nitrogens is 1. The lowest BCUT2D eigenvalue weighted by atomic mass is 10.1. The Morgan fingerprint density at radius 1 is 1.48 bits per heavy atom. The van der Waals surface area contributed by atoms with Crippen LogP contribution >= 0.6 is 0 Å². The van der Waals surface area contributed by atoms with E-state index in [4.69, 9.17) is 5.11 Å². The highest BCUT2D eigenvalue weighted by atomic mass is 16.4. The lowest BCUT2D eigenvalue weighted by Gasteiger charge is -2.25. The van der Waals surface area contributed by atoms with E-state index in [-0.39, 0.29) is 5.91 Å². The number of carbonyl (C=O) groups is 2. The fourth-order valence-electron chi connectivity index (χ4n) is 2.81. The zero-order chi connectivity index (χ0) is 15.6. The lowest BCUT2D eigenvalue weighted by Crippen LogP contribution is -2.42. The number of carbonyl (C=O) groups excluding carboxylic acids is 1. The van der Waals surface area contributed by atoms with Crippen LogP contribution in [0.15, 0.2) is 18.3 Å². The van der Waals surface area contributed by atoms with Crippen molar-refractivity contribution >= 4 is 17.7 Å². The molecule has 1 N–H and O–H groups in total. The fourth-order valence-corrected chi connectivity index (χ4v) is 2.81. The minimum Gasteiger partial charge on any atom is -0.480 e. The summed E-state index contributed by atoms with van der Waals surface area (Å²) in [4.78, 5) is 30.6. The molecule has 114 valence electrons. The van der Waals surface area contributed by atoms with Gasteiger partial charge in [-0.1, -0.05) is 6.07 Å². The number of hydrogen-bond acceptors (Lipinski definition) is 4. The Kier molecular flexibility index (Phi) is 4.57. The second-order valence-electron chi connectivity index (χ2n) is 5.49. The van der Waals surface area contributed by atoms with Crippen LogP contribution in [0, 0.1) is 0 Å². The Morgan fingerprint density at radius 3 is 2.62 bits per heavy atom. The molecule has 0 bridgehead atoms. The SMILES string of the molecule is CC(=O)N(c1ccc(C2CCCN2C)cn1)[C@@H](C)C(=O)O. The van der Waals surface area contributed by atoms with Gasteiger partial charge in [-0.3, -0.25) is 14.6 Å². The number of amides is 1. The number of nitrogens with zero attached hydrogens (tertiary/aromatic N) is 3. The van der Waals surface area contributed by atoms with E-state index >= 15 is 0 Å². The Bertz CT molecular complexity index is 529. The molecule has 1 aromatic heterocycles. The van der Waals surface area contributed by atoms with Gasteiger partial charge in [0, 0.05) is 19.2 Å². The highest BCUT2D eigenvalue weighted by molar-refractivity contribution is 5.96. The van der Waals surface area contributed by atoms with Gasteiger partial charge in [-0.05, 0) is 45.0 Å². The number of rotatable bonds is 4. The number of pyridine rings is 1. The highest BCUT2D eigenvalue weighted by Gasteiger charge is 2.27. The normalized spacial score (nSPS) is 20.2. The molecule has 1 aromatic rings. The van der Waals surface area contributed by atoms with Gasteiger partial charge in [-0.25, -0.2) is 9.78 Å². The van der Waals surface area contributed by atoms with Crippen molar-refractivity contribution in [1.82, 2.24) is 9.88 Å². The number of hydrogen-bond donors (Lipinski definition) is 1. The molecule has 0 aromatic carbocycles. The Morgan fingerprint density at radius 2 is 2.19 bits per heavy atom. The van der Waals surface area contributed by atoms with Crippen LogP contribution < -0.4 is 4.90 Å². The average Bonchev–Trinajstić information content (AvgIpc) is 2.85. The van der Waals surface area contributed by atoms with Crippen molar-refractivity contribution < 1.29 is 14.7 Å². The van der Waals surface area contributed by atoms with Crippen LogP contribution in [-0.2, 0) is 9.59 Å². The topological polar surface area (TPSA) is 73.7 Å². The van der Waals surface area contributed by atoms with Crippen molar-refractivity contribution in [3.63, 3.8) is 0 Å². The summed E-state index contributed by atoms with van der Waals surface area (Å²) in [5, 5.41) is 9.10. The molecule has 2 rings (SSSR count). The van der Waals surface area contributed by atoms with Crippen LogP contribution in [0.25, 0.3) is 0 Å². The third-order valence-electron chi connectivity index (χ3n) is 4.01. The molecule has 6 nitrogen and oxygen atoms in total. The van der Waals surface area contributed by atoms with Gasteiger partial charge in [-0.2, -0.15) is 0 Å². The number of likely N-dealkylation sites (tertiary alicyclic amines) is 1. The first-order chi connectivity index (χ1) is 9.91. The standard InChI is InChI=1S/C15H21N3O3/c1-10(15(20)21)18(11(2)19)14-7-6-12(9-16-14)13-5-4-8-17(13)3/h6-7,9-10,13H,4-5,8H2,1-3H3,(H,20,21)/t10-,13?/m0/s1. The molecular weight excluding hydrogens is 270 g/mol. The molecule has 2 heterocycles. The van der Waals surface area contributed by atoms with Crippen molar-refractivity contribution in [2.24, 2.45) is 0 Å². The maximum absolute atomic E-state index is 11.7. The largest absolute Gasteiger partial charge is 0.480 e. The molecule has 1 aliphatic heterocycles. The predicted octanol–water partition coefficient (Wildman–Crippen LogP) is 1.67. The summed E-state index contributed by atoms with van der Waals surface area (Å²) in [5.74, 6) is -1.00. The molecule has 0 spiro atoms. The second-order valence-corrected chi connectivity index (χ2v) is 5.49. The molecule has 1 aliphatic rings. The minimum atomic E-state index is -1.05. The van der Waals surface area contributed by atoms with Crippen molar-refractivity contribution in [1.29, 1.82) is 0 Å². The third kappa shape index (κ3) is 3.21. The van der Waals surface area contributed by atoms with Crippen LogP contribution in [0.2, 0.25) is 0 Å². The highest BCUT2D eigenvalue weighted by Crippen LogP contribution is 2.30. The maximum atomic E-state index is 11.7. The first kappa shape index (κ1) is 15.4. The van der Waals surface area contributed by atoms with E-state index in [2.05, 4.69) is 16.9 Å². The molecule has 6 heteroatoms. The zero-order valence-corrected chi connectivity index (χ0v) is 12.6. The second kappa shape index (κ2) is 6.22. The maximum Gasteiger partial charge on any atom is 0.326 e. The smallest absolute Gasteiger partial charge is 0.326 e. The summed E-state index contributed by atoms with van der Waals surface area (Å²) in [6, 6.07) is 3.08. The van der Waals surface area contributed by atoms with Gasteiger partial charge in [0.2, 0.25) is 5.91 Å². The predicted molar refractivity (Wildman–Crippen MR) is 79.1 cm³/mol. The monoisotopic (exact) mass is 291 g/mol. The van der Waals surface area contributed by atoms with E-state index in [0.29, 0.717) is 11.9 Å². The van der Waals surface area contributed by atoms with Gasteiger partial charge >= 0.3 is 5.97 Å². The number of aliphatic carboxylic acids is 1. The summed E-state index contributed by atoms with van der Waals surface area (Å²) >= 11 is 0. The Balaban J connectivity index is 2.23. The summed E-state index contributed by atoms with van der Waals surface area (Å²) in [6.45, 7) is 3.89. The summed E-state index contributed by atoms with van der Waals surface area (Å²) in [6.07, 6.45) is 4.00. The van der Waals surface area contributed by atoms with E-state index < -0.39 is 12.0 Å². The van der Waals surface area contributed by atoms with Gasteiger partial charge in [0.25, 0.3) is 0 Å². The lowest BCUT2D eigenvalue weighted by molar-refractivity contribution is -0.139. The van der Waals surface area contributed by atoms with E-state index in [9.17, 15) is 9.59 Å². The van der Waals surface area contributed by atoms with Crippen molar-refractivity contribution in [2.45, 2.75) is 38.8 Å². The van der Waals surface area contributed by atoms with Crippen LogP contribution in [0.1, 0.15) is 38.3 Å². The number of carboxylic acids is 1. The molecule has 1 fully saturated rings. The molecule has 2 atom stereocenters. The van der Waals surface area contributed by atoms with Gasteiger partial charge in [0.1, 0.15) is 11.9 Å². The van der Waals surface area contributed by atoms with Gasteiger partial charge in [-0.15, -0.1) is 0 Å². The molecule has 1 unspecified atom stereocenters. The zero-order valence-electron chi connectivity index (χ0n) is 12.6. The van der Waals surface area contributed by atoms with Crippen molar-refractivity contribution in [2.75, 3.05) is 18.5 Å². The van der Waals surface area contributed by atoms with Crippen LogP contribution in [0.4, 0.5) is 5.82 Å². The van der Waals surface area contributed by atoms with Crippen molar-refractivity contribution in [3.8, 4) is 0 Å². The molecule has 1 saturated heterocycles.